The first-order valence-electron chi connectivity index (χ1n) is 3.97. The van der Waals surface area contributed by atoms with Crippen LogP contribution in [0.4, 0.5) is 17.6 Å². The average Bonchev–Trinajstić information content (AvgIpc) is 2.67. The number of ether oxygens (including phenoxy) is 1. The number of halogens is 4. The lowest BCUT2D eigenvalue weighted by Crippen LogP contribution is -2.08. The van der Waals surface area contributed by atoms with Gasteiger partial charge in [0, 0.05) is 12.0 Å². The Bertz CT molecular complexity index is 443. The molecule has 1 atom stereocenters. The van der Waals surface area contributed by atoms with Gasteiger partial charge in [0.15, 0.2) is 23.5 Å². The Kier molecular flexibility index (Phi) is 2.03. The maximum absolute atomic E-state index is 13.1. The molecule has 0 N–H and O–H groups in total. The van der Waals surface area contributed by atoms with Gasteiger partial charge in [-0.2, -0.15) is 9.65 Å². The molecule has 0 bridgehead atoms. The van der Waals surface area contributed by atoms with Crippen molar-refractivity contribution in [3.8, 4) is 11.8 Å². The molecule has 1 aromatic rings. The van der Waals surface area contributed by atoms with Gasteiger partial charge in [0.05, 0.1) is 0 Å². The Labute approximate surface area is 81.7 Å². The van der Waals surface area contributed by atoms with E-state index in [0.717, 1.165) is 0 Å². The van der Waals surface area contributed by atoms with Crippen molar-refractivity contribution in [2.75, 3.05) is 0 Å². The number of fused-ring (bicyclic) bond motifs is 1. The van der Waals surface area contributed by atoms with Crippen LogP contribution < -0.4 is 4.74 Å². The van der Waals surface area contributed by atoms with Crippen LogP contribution in [0.3, 0.4) is 0 Å². The van der Waals surface area contributed by atoms with E-state index >= 15 is 0 Å². The highest BCUT2D eigenvalue weighted by atomic mass is 19.2. The normalized spacial score (nSPS) is 18.2. The predicted octanol–water partition coefficient (Wildman–Crippen LogP) is 2.07. The fourth-order valence-corrected chi connectivity index (χ4v) is 1.40. The monoisotopic (exact) mass is 217 g/mol. The molecule has 15 heavy (non-hydrogen) atoms. The average molecular weight is 217 g/mol. The molecule has 0 radical (unpaired) electrons. The topological polar surface area (TPSA) is 33.0 Å². The first-order valence-corrected chi connectivity index (χ1v) is 3.97. The summed E-state index contributed by atoms with van der Waals surface area (Å²) < 4.78 is 56.2. The molecule has 0 saturated heterocycles. The summed E-state index contributed by atoms with van der Waals surface area (Å²) >= 11 is 0. The molecule has 0 aromatic heterocycles. The SMILES string of the molecule is N#CC1Cc2c(F)c(F)c(F)c(F)c2O1. The molecule has 2 rings (SSSR count). The van der Waals surface area contributed by atoms with Crippen molar-refractivity contribution in [2.45, 2.75) is 12.5 Å². The van der Waals surface area contributed by atoms with Gasteiger partial charge in [0.1, 0.15) is 6.07 Å². The van der Waals surface area contributed by atoms with Crippen LogP contribution >= 0.6 is 0 Å². The largest absolute Gasteiger partial charge is 0.472 e. The highest BCUT2D eigenvalue weighted by Crippen LogP contribution is 2.36. The summed E-state index contributed by atoms with van der Waals surface area (Å²) in [6.45, 7) is 0. The molecular formula is C9H3F4NO. The molecule has 1 aliphatic heterocycles. The summed E-state index contributed by atoms with van der Waals surface area (Å²) in [7, 11) is 0. The number of nitriles is 1. The standard InChI is InChI=1S/C9H3F4NO/c10-5-4-1-3(2-14)15-9(4)8(13)7(12)6(5)11/h3H,1H2. The van der Waals surface area contributed by atoms with Crippen molar-refractivity contribution < 1.29 is 22.3 Å². The van der Waals surface area contributed by atoms with Crippen molar-refractivity contribution in [2.24, 2.45) is 0 Å². The summed E-state index contributed by atoms with van der Waals surface area (Å²) in [6, 6.07) is 1.60. The van der Waals surface area contributed by atoms with Crippen molar-refractivity contribution in [3.63, 3.8) is 0 Å². The second kappa shape index (κ2) is 3.12. The van der Waals surface area contributed by atoms with E-state index in [2.05, 4.69) is 4.74 Å². The van der Waals surface area contributed by atoms with Gasteiger partial charge in [-0.15, -0.1) is 0 Å². The Morgan fingerprint density at radius 2 is 1.67 bits per heavy atom. The molecular weight excluding hydrogens is 214 g/mol. The summed E-state index contributed by atoms with van der Waals surface area (Å²) in [5, 5.41) is 8.45. The highest BCUT2D eigenvalue weighted by Gasteiger charge is 2.34. The third-order valence-corrected chi connectivity index (χ3v) is 2.11. The lowest BCUT2D eigenvalue weighted by Gasteiger charge is -2.04. The predicted molar refractivity (Wildman–Crippen MR) is 40.0 cm³/mol. The van der Waals surface area contributed by atoms with E-state index in [-0.39, 0.29) is 6.42 Å². The smallest absolute Gasteiger partial charge is 0.204 e. The van der Waals surface area contributed by atoms with Gasteiger partial charge in [-0.1, -0.05) is 0 Å². The third-order valence-electron chi connectivity index (χ3n) is 2.11. The molecule has 2 nitrogen and oxygen atoms in total. The molecule has 0 spiro atoms. The van der Waals surface area contributed by atoms with E-state index < -0.39 is 40.7 Å². The van der Waals surface area contributed by atoms with Gasteiger partial charge in [-0.25, -0.2) is 13.2 Å². The van der Waals surface area contributed by atoms with E-state index in [1.165, 1.54) is 0 Å². The molecule has 1 aliphatic rings. The van der Waals surface area contributed by atoms with Crippen LogP contribution in [0.15, 0.2) is 0 Å². The second-order valence-electron chi connectivity index (χ2n) is 3.00. The van der Waals surface area contributed by atoms with Gasteiger partial charge in [-0.3, -0.25) is 0 Å². The van der Waals surface area contributed by atoms with Crippen molar-refractivity contribution in [3.05, 3.63) is 28.8 Å². The summed E-state index contributed by atoms with van der Waals surface area (Å²) in [4.78, 5) is 0. The Hall–Kier alpha value is -1.77. The zero-order chi connectivity index (χ0) is 11.2. The van der Waals surface area contributed by atoms with Crippen LogP contribution in [-0.2, 0) is 6.42 Å². The summed E-state index contributed by atoms with van der Waals surface area (Å²) in [5.74, 6) is -7.61. The number of rotatable bonds is 0. The lowest BCUT2D eigenvalue weighted by molar-refractivity contribution is 0.272. The number of nitrogens with zero attached hydrogens (tertiary/aromatic N) is 1. The maximum Gasteiger partial charge on any atom is 0.204 e. The van der Waals surface area contributed by atoms with Gasteiger partial charge in [-0.05, 0) is 0 Å². The maximum atomic E-state index is 13.1. The lowest BCUT2D eigenvalue weighted by atomic mass is 10.1. The first kappa shape index (κ1) is 9.77. The van der Waals surface area contributed by atoms with E-state index in [1.807, 2.05) is 0 Å². The van der Waals surface area contributed by atoms with Gasteiger partial charge < -0.3 is 4.74 Å². The van der Waals surface area contributed by atoms with Gasteiger partial charge in [0.25, 0.3) is 0 Å². The minimum absolute atomic E-state index is 0.286. The molecule has 0 amide bonds. The highest BCUT2D eigenvalue weighted by molar-refractivity contribution is 5.42. The molecule has 0 fully saturated rings. The van der Waals surface area contributed by atoms with Crippen molar-refractivity contribution >= 4 is 0 Å². The summed E-state index contributed by atoms with van der Waals surface area (Å²) in [5.41, 5.74) is -0.432. The molecule has 0 saturated carbocycles. The number of benzene rings is 1. The summed E-state index contributed by atoms with van der Waals surface area (Å²) in [6.07, 6.45) is -1.39. The number of hydrogen-bond acceptors (Lipinski definition) is 2. The third kappa shape index (κ3) is 1.23. The molecule has 0 aliphatic carbocycles. The minimum atomic E-state index is -1.93. The zero-order valence-corrected chi connectivity index (χ0v) is 7.15. The quantitative estimate of drug-likeness (QED) is 0.378. The van der Waals surface area contributed by atoms with Crippen LogP contribution in [0.5, 0.6) is 5.75 Å². The van der Waals surface area contributed by atoms with Crippen LogP contribution in [0.25, 0.3) is 0 Å². The molecule has 78 valence electrons. The second-order valence-corrected chi connectivity index (χ2v) is 3.00. The Morgan fingerprint density at radius 1 is 1.07 bits per heavy atom. The van der Waals surface area contributed by atoms with Crippen molar-refractivity contribution in [1.82, 2.24) is 0 Å². The Morgan fingerprint density at radius 3 is 2.27 bits per heavy atom. The fourth-order valence-electron chi connectivity index (χ4n) is 1.40. The van der Waals surface area contributed by atoms with E-state index in [0.29, 0.717) is 0 Å². The van der Waals surface area contributed by atoms with Crippen LogP contribution in [0, 0.1) is 34.6 Å². The zero-order valence-electron chi connectivity index (χ0n) is 7.15. The minimum Gasteiger partial charge on any atom is -0.472 e. The van der Waals surface area contributed by atoms with Crippen molar-refractivity contribution in [1.29, 1.82) is 5.26 Å². The van der Waals surface area contributed by atoms with Crippen LogP contribution in [0.1, 0.15) is 5.56 Å². The number of hydrogen-bond donors (Lipinski definition) is 0. The van der Waals surface area contributed by atoms with E-state index in [4.69, 9.17) is 5.26 Å². The molecule has 1 unspecified atom stereocenters. The molecule has 1 heterocycles. The Balaban J connectivity index is 2.65. The van der Waals surface area contributed by atoms with Gasteiger partial charge in [0.2, 0.25) is 11.6 Å². The molecule has 1 aromatic carbocycles. The van der Waals surface area contributed by atoms with Crippen LogP contribution in [-0.4, -0.2) is 6.10 Å². The molecule has 6 heteroatoms. The van der Waals surface area contributed by atoms with E-state index in [9.17, 15) is 17.6 Å². The van der Waals surface area contributed by atoms with Crippen LogP contribution in [0.2, 0.25) is 0 Å². The fraction of sp³-hybridized carbons (Fsp3) is 0.222. The van der Waals surface area contributed by atoms with E-state index in [1.54, 1.807) is 6.07 Å². The van der Waals surface area contributed by atoms with Gasteiger partial charge >= 0.3 is 0 Å². The first-order chi connectivity index (χ1) is 7.06.